The van der Waals surface area contributed by atoms with Gasteiger partial charge in [-0.3, -0.25) is 9.78 Å². The Labute approximate surface area is 237 Å². The van der Waals surface area contributed by atoms with Gasteiger partial charge in [-0.15, -0.1) is 0 Å². The minimum Gasteiger partial charge on any atom is -0.436 e. The van der Waals surface area contributed by atoms with Crippen LogP contribution in [0.5, 0.6) is 11.6 Å². The van der Waals surface area contributed by atoms with E-state index in [4.69, 9.17) is 10.00 Å². The molecule has 5 aromatic rings. The van der Waals surface area contributed by atoms with E-state index in [2.05, 4.69) is 43.2 Å². The van der Waals surface area contributed by atoms with Crippen molar-refractivity contribution in [2.45, 2.75) is 27.2 Å². The summed E-state index contributed by atoms with van der Waals surface area (Å²) in [5.74, 6) is 1.87. The van der Waals surface area contributed by atoms with E-state index in [-0.39, 0.29) is 5.91 Å². The minimum atomic E-state index is 0.0343. The molecule has 1 saturated heterocycles. The first-order valence-electron chi connectivity index (χ1n) is 13.4. The predicted octanol–water partition coefficient (Wildman–Crippen LogP) is 5.92. The van der Waals surface area contributed by atoms with Crippen molar-refractivity contribution in [3.8, 4) is 29.0 Å². The number of hydrogen-bond donors (Lipinski definition) is 2. The Morgan fingerprint density at radius 1 is 1.10 bits per heavy atom. The number of carbonyl (C=O) groups is 1. The number of ether oxygens (including phenoxy) is 1. The number of aryl methyl sites for hydroxylation is 2. The Bertz CT molecular complexity index is 1770. The lowest BCUT2D eigenvalue weighted by Gasteiger charge is -2.16. The number of imidazole rings is 1. The highest BCUT2D eigenvalue weighted by molar-refractivity contribution is 5.94. The number of carbonyl (C=O) groups excluding carboxylic acids is 1. The third kappa shape index (κ3) is 5.30. The number of likely N-dealkylation sites (tertiary alicyclic amines) is 1. The largest absolute Gasteiger partial charge is 0.436 e. The van der Waals surface area contributed by atoms with E-state index in [1.807, 2.05) is 43.0 Å². The van der Waals surface area contributed by atoms with Crippen molar-refractivity contribution in [2.24, 2.45) is 5.92 Å². The van der Waals surface area contributed by atoms with E-state index in [0.717, 1.165) is 47.6 Å². The molecule has 2 aromatic carbocycles. The van der Waals surface area contributed by atoms with Crippen LogP contribution in [0.3, 0.4) is 0 Å². The molecule has 0 bridgehead atoms. The Balaban J connectivity index is 1.25. The van der Waals surface area contributed by atoms with Crippen molar-refractivity contribution in [2.75, 3.05) is 18.4 Å². The summed E-state index contributed by atoms with van der Waals surface area (Å²) in [5, 5.41) is 12.2. The third-order valence-electron chi connectivity index (χ3n) is 7.19. The van der Waals surface area contributed by atoms with E-state index in [9.17, 15) is 4.79 Å². The third-order valence-corrected chi connectivity index (χ3v) is 7.19. The molecule has 41 heavy (non-hydrogen) atoms. The number of H-pyrrole nitrogens is 1. The first-order chi connectivity index (χ1) is 19.9. The Morgan fingerprint density at radius 3 is 2.54 bits per heavy atom. The van der Waals surface area contributed by atoms with Gasteiger partial charge in [-0.25, -0.2) is 4.98 Å². The lowest BCUT2D eigenvalue weighted by atomic mass is 10.0. The summed E-state index contributed by atoms with van der Waals surface area (Å²) >= 11 is 0. The molecular formula is C31H28N8O2. The van der Waals surface area contributed by atoms with Gasteiger partial charge < -0.3 is 19.9 Å². The van der Waals surface area contributed by atoms with E-state index in [1.54, 1.807) is 36.8 Å². The van der Waals surface area contributed by atoms with Crippen LogP contribution in [-0.4, -0.2) is 48.8 Å². The number of fused-ring (bicyclic) bond motifs is 1. The maximum atomic E-state index is 12.8. The highest BCUT2D eigenvalue weighted by Crippen LogP contribution is 2.35. The molecule has 1 unspecified atom stereocenters. The minimum absolute atomic E-state index is 0.0343. The number of benzene rings is 2. The molecule has 0 radical (unpaired) electrons. The van der Waals surface area contributed by atoms with Crippen LogP contribution in [-0.2, 0) is 0 Å². The summed E-state index contributed by atoms with van der Waals surface area (Å²) in [6.45, 7) is 7.70. The van der Waals surface area contributed by atoms with Crippen LogP contribution >= 0.6 is 0 Å². The first-order valence-corrected chi connectivity index (χ1v) is 13.4. The molecule has 10 heteroatoms. The Kier molecular flexibility index (Phi) is 6.77. The maximum Gasteiger partial charge on any atom is 0.255 e. The van der Waals surface area contributed by atoms with Crippen molar-refractivity contribution >= 4 is 28.7 Å². The van der Waals surface area contributed by atoms with Crippen molar-refractivity contribution in [1.82, 2.24) is 29.8 Å². The van der Waals surface area contributed by atoms with Gasteiger partial charge in [-0.2, -0.15) is 15.2 Å². The number of aromatic amines is 1. The van der Waals surface area contributed by atoms with Gasteiger partial charge in [0.05, 0.1) is 29.2 Å². The second kappa shape index (κ2) is 10.7. The quantitative estimate of drug-likeness (QED) is 0.269. The normalized spacial score (nSPS) is 14.7. The van der Waals surface area contributed by atoms with Gasteiger partial charge in [0, 0.05) is 30.5 Å². The monoisotopic (exact) mass is 544 g/mol. The average molecular weight is 545 g/mol. The molecule has 4 heterocycles. The summed E-state index contributed by atoms with van der Waals surface area (Å²) in [7, 11) is 0. The van der Waals surface area contributed by atoms with Crippen LogP contribution in [0, 0.1) is 31.1 Å². The van der Waals surface area contributed by atoms with Crippen LogP contribution in [0.15, 0.2) is 61.1 Å². The van der Waals surface area contributed by atoms with Gasteiger partial charge in [0.15, 0.2) is 11.2 Å². The smallest absolute Gasteiger partial charge is 0.255 e. The zero-order valence-corrected chi connectivity index (χ0v) is 23.0. The van der Waals surface area contributed by atoms with Crippen LogP contribution in [0.2, 0.25) is 0 Å². The zero-order valence-electron chi connectivity index (χ0n) is 23.0. The summed E-state index contributed by atoms with van der Waals surface area (Å²) in [5.41, 5.74) is 6.45. The molecular weight excluding hydrogens is 516 g/mol. The summed E-state index contributed by atoms with van der Waals surface area (Å²) in [6.07, 6.45) is 4.25. The topological polar surface area (TPSA) is 133 Å². The highest BCUT2D eigenvalue weighted by atomic mass is 16.5. The Hall–Kier alpha value is -5.30. The first kappa shape index (κ1) is 26.0. The number of hydrogen-bond acceptors (Lipinski definition) is 8. The molecule has 6 rings (SSSR count). The van der Waals surface area contributed by atoms with Crippen molar-refractivity contribution in [1.29, 1.82) is 5.26 Å². The predicted molar refractivity (Wildman–Crippen MR) is 155 cm³/mol. The number of aromatic nitrogens is 5. The maximum absolute atomic E-state index is 12.8. The van der Waals surface area contributed by atoms with E-state index in [0.29, 0.717) is 45.8 Å². The van der Waals surface area contributed by atoms with Gasteiger partial charge in [0.25, 0.3) is 11.8 Å². The molecule has 1 amide bonds. The molecule has 0 aliphatic carbocycles. The molecule has 0 saturated carbocycles. The summed E-state index contributed by atoms with van der Waals surface area (Å²) in [6, 6.07) is 16.9. The molecule has 1 aliphatic heterocycles. The molecule has 10 nitrogen and oxygen atoms in total. The van der Waals surface area contributed by atoms with Gasteiger partial charge in [0.2, 0.25) is 5.95 Å². The fourth-order valence-corrected chi connectivity index (χ4v) is 5.04. The van der Waals surface area contributed by atoms with Gasteiger partial charge >= 0.3 is 0 Å². The number of nitrogens with zero attached hydrogens (tertiary/aromatic N) is 6. The van der Waals surface area contributed by atoms with Gasteiger partial charge in [-0.1, -0.05) is 6.92 Å². The number of rotatable bonds is 6. The second-order valence-electron chi connectivity index (χ2n) is 10.4. The average Bonchev–Trinajstić information content (AvgIpc) is 3.64. The zero-order chi connectivity index (χ0) is 28.5. The number of pyridine rings is 1. The highest BCUT2D eigenvalue weighted by Gasteiger charge is 2.24. The van der Waals surface area contributed by atoms with E-state index < -0.39 is 0 Å². The standard InChI is InChI=1S/C31H28N8O2/c1-18-10-11-39(16-18)30(40)22-6-9-25(33-15-22)23-12-19(2)27(20(3)13-23)41-29-26-28(35-17-34-26)37-31(38-29)36-24-7-4-21(14-32)5-8-24/h4-9,12-13,15,17-18H,10-11,16H2,1-3H3,(H2,34,35,36,37,38). The number of anilines is 2. The summed E-state index contributed by atoms with van der Waals surface area (Å²) < 4.78 is 6.35. The van der Waals surface area contributed by atoms with E-state index in [1.165, 1.54) is 0 Å². The molecule has 3 aromatic heterocycles. The lowest BCUT2D eigenvalue weighted by Crippen LogP contribution is -2.28. The SMILES string of the molecule is Cc1cc(-c2ccc(C(=O)N3CCC(C)C3)cn2)cc(C)c1Oc1nc(Nc2ccc(C#N)cc2)nc2[nH]cnc12. The fourth-order valence-electron chi connectivity index (χ4n) is 5.04. The van der Waals surface area contributed by atoms with Crippen molar-refractivity contribution in [3.05, 3.63) is 83.3 Å². The summed E-state index contributed by atoms with van der Waals surface area (Å²) in [4.78, 5) is 35.8. The lowest BCUT2D eigenvalue weighted by molar-refractivity contribution is 0.0787. The number of amides is 1. The molecule has 1 aliphatic rings. The van der Waals surface area contributed by atoms with Gasteiger partial charge in [0.1, 0.15) is 5.75 Å². The number of nitriles is 1. The Morgan fingerprint density at radius 2 is 1.88 bits per heavy atom. The molecule has 2 N–H and O–H groups in total. The fraction of sp³-hybridized carbons (Fsp3) is 0.226. The molecule has 0 spiro atoms. The number of nitrogens with one attached hydrogen (secondary N) is 2. The van der Waals surface area contributed by atoms with Gasteiger partial charge in [-0.05, 0) is 85.8 Å². The van der Waals surface area contributed by atoms with E-state index >= 15 is 0 Å². The molecule has 1 atom stereocenters. The van der Waals surface area contributed by atoms with Crippen molar-refractivity contribution < 1.29 is 9.53 Å². The second-order valence-corrected chi connectivity index (χ2v) is 10.4. The van der Waals surface area contributed by atoms with Crippen LogP contribution in [0.25, 0.3) is 22.4 Å². The van der Waals surface area contributed by atoms with Crippen LogP contribution < -0.4 is 10.1 Å². The van der Waals surface area contributed by atoms with Crippen LogP contribution in [0.4, 0.5) is 11.6 Å². The van der Waals surface area contributed by atoms with Crippen molar-refractivity contribution in [3.63, 3.8) is 0 Å². The molecule has 204 valence electrons. The molecule has 1 fully saturated rings. The van der Waals surface area contributed by atoms with Crippen LogP contribution in [0.1, 0.15) is 40.4 Å².